The maximum Gasteiger partial charge on any atom is 0.281 e. The molecule has 1 aliphatic carbocycles. The fourth-order valence-corrected chi connectivity index (χ4v) is 2.64. The van der Waals surface area contributed by atoms with E-state index < -0.39 is 18.2 Å². The second-order valence-corrected chi connectivity index (χ2v) is 4.14. The zero-order chi connectivity index (χ0) is 9.50. The lowest BCUT2D eigenvalue weighted by Gasteiger charge is -2.54. The Morgan fingerprint density at radius 2 is 1.71 bits per heavy atom. The molecule has 6 atom stereocenters. The summed E-state index contributed by atoms with van der Waals surface area (Å²) in [5, 5.41) is 8.03. The number of azo groups is 1. The van der Waals surface area contributed by atoms with E-state index in [0.717, 1.165) is 0 Å². The van der Waals surface area contributed by atoms with Gasteiger partial charge in [0.05, 0.1) is 0 Å². The van der Waals surface area contributed by atoms with Gasteiger partial charge in [0, 0.05) is 6.92 Å². The van der Waals surface area contributed by atoms with E-state index in [0.29, 0.717) is 0 Å². The minimum atomic E-state index is -1.06. The van der Waals surface area contributed by atoms with Crippen molar-refractivity contribution in [3.63, 3.8) is 0 Å². The Morgan fingerprint density at radius 1 is 1.14 bits per heavy atom. The molecule has 2 unspecified atom stereocenters. The quantitative estimate of drug-likeness (QED) is 0.530. The topological polar surface area (TPSA) is 69.5 Å². The molecule has 0 N–H and O–H groups in total. The lowest BCUT2D eigenvalue weighted by Crippen LogP contribution is -2.74. The molecule has 0 amide bonds. The predicted molar refractivity (Wildman–Crippen MR) is 40.5 cm³/mol. The third kappa shape index (κ3) is 0.617. The highest BCUT2D eigenvalue weighted by Crippen LogP contribution is 2.48. The van der Waals surface area contributed by atoms with E-state index >= 15 is 0 Å². The zero-order valence-corrected chi connectivity index (χ0v) is 7.41. The number of ketones is 1. The van der Waals surface area contributed by atoms with Crippen molar-refractivity contribution in [2.45, 2.75) is 43.3 Å². The summed E-state index contributed by atoms with van der Waals surface area (Å²) in [6.07, 6.45) is -1.16. The van der Waals surface area contributed by atoms with Crippen LogP contribution in [0.2, 0.25) is 0 Å². The van der Waals surface area contributed by atoms with Crippen LogP contribution in [-0.4, -0.2) is 42.2 Å². The van der Waals surface area contributed by atoms with Crippen molar-refractivity contribution >= 4 is 5.78 Å². The standard InChI is InChI=1S/C8H8N2O4/c1-8-12-5-2-6(13-8)4(11)7(14-8)3(5)10-9-2/h2-3,5-7H,1H3/t2-,3-,5?,6-,7+,8?/m0/s1. The van der Waals surface area contributed by atoms with E-state index in [1.54, 1.807) is 6.92 Å². The third-order valence-corrected chi connectivity index (χ3v) is 3.22. The third-order valence-electron chi connectivity index (χ3n) is 3.22. The van der Waals surface area contributed by atoms with Gasteiger partial charge in [-0.1, -0.05) is 0 Å². The molecule has 5 aliphatic rings. The average Bonchev–Trinajstić information content (AvgIpc) is 2.52. The fraction of sp³-hybridized carbons (Fsp3) is 0.875. The van der Waals surface area contributed by atoms with Gasteiger partial charge >= 0.3 is 0 Å². The van der Waals surface area contributed by atoms with E-state index in [-0.39, 0.29) is 24.0 Å². The maximum atomic E-state index is 11.8. The predicted octanol–water partition coefficient (Wildman–Crippen LogP) is -0.371. The van der Waals surface area contributed by atoms with Gasteiger partial charge in [-0.15, -0.1) is 0 Å². The van der Waals surface area contributed by atoms with Gasteiger partial charge in [-0.05, 0) is 0 Å². The number of hydrogen-bond donors (Lipinski definition) is 0. The van der Waals surface area contributed by atoms with Crippen molar-refractivity contribution in [1.29, 1.82) is 0 Å². The summed E-state index contributed by atoms with van der Waals surface area (Å²) in [4.78, 5) is 11.8. The lowest BCUT2D eigenvalue weighted by molar-refractivity contribution is -0.467. The average molecular weight is 196 g/mol. The number of nitrogens with zero attached hydrogens (tertiary/aromatic N) is 2. The molecule has 3 saturated heterocycles. The largest absolute Gasteiger partial charge is 0.319 e. The minimum Gasteiger partial charge on any atom is -0.319 e. The van der Waals surface area contributed by atoms with Gasteiger partial charge in [0.1, 0.15) is 18.2 Å². The van der Waals surface area contributed by atoms with Crippen molar-refractivity contribution in [3.05, 3.63) is 0 Å². The van der Waals surface area contributed by atoms with Crippen LogP contribution in [0.25, 0.3) is 0 Å². The highest BCUT2D eigenvalue weighted by atomic mass is 16.9. The van der Waals surface area contributed by atoms with Gasteiger partial charge in [0.2, 0.25) is 0 Å². The van der Waals surface area contributed by atoms with Crippen LogP contribution >= 0.6 is 0 Å². The first-order valence-corrected chi connectivity index (χ1v) is 4.65. The summed E-state index contributed by atoms with van der Waals surface area (Å²) in [7, 11) is 0. The summed E-state index contributed by atoms with van der Waals surface area (Å²) in [5.41, 5.74) is 0. The molecule has 0 aromatic carbocycles. The summed E-state index contributed by atoms with van der Waals surface area (Å²) < 4.78 is 16.4. The number of rotatable bonds is 0. The van der Waals surface area contributed by atoms with Gasteiger partial charge in [-0.2, -0.15) is 10.2 Å². The zero-order valence-electron chi connectivity index (χ0n) is 7.41. The van der Waals surface area contributed by atoms with Crippen LogP contribution in [-0.2, 0) is 19.0 Å². The van der Waals surface area contributed by atoms with E-state index in [9.17, 15) is 4.79 Å². The summed E-state index contributed by atoms with van der Waals surface area (Å²) in [6, 6.07) is -0.499. The highest BCUT2D eigenvalue weighted by molar-refractivity contribution is 5.91. The Balaban J connectivity index is 1.90. The van der Waals surface area contributed by atoms with Gasteiger partial charge in [-0.25, -0.2) is 0 Å². The molecule has 0 radical (unpaired) electrons. The Bertz CT molecular complexity index is 342. The fourth-order valence-electron chi connectivity index (χ4n) is 2.64. The Morgan fingerprint density at radius 3 is 2.29 bits per heavy atom. The minimum absolute atomic E-state index is 0.0398. The van der Waals surface area contributed by atoms with E-state index in [4.69, 9.17) is 14.2 Å². The highest BCUT2D eigenvalue weighted by Gasteiger charge is 2.68. The first-order valence-electron chi connectivity index (χ1n) is 4.65. The number of ether oxygens (including phenoxy) is 3. The Hall–Kier alpha value is -0.850. The molecule has 14 heavy (non-hydrogen) atoms. The molecule has 6 bridgehead atoms. The summed E-state index contributed by atoms with van der Waals surface area (Å²) in [6.45, 7) is 1.68. The molecule has 0 aromatic heterocycles. The van der Waals surface area contributed by atoms with Crippen LogP contribution < -0.4 is 0 Å². The van der Waals surface area contributed by atoms with Crippen LogP contribution in [0.5, 0.6) is 0 Å². The van der Waals surface area contributed by atoms with Crippen LogP contribution in [0.3, 0.4) is 0 Å². The van der Waals surface area contributed by atoms with E-state index in [2.05, 4.69) is 10.2 Å². The van der Waals surface area contributed by atoms with E-state index in [1.165, 1.54) is 0 Å². The molecule has 6 heteroatoms. The number of hydrogen-bond acceptors (Lipinski definition) is 6. The van der Waals surface area contributed by atoms with Crippen molar-refractivity contribution in [3.8, 4) is 0 Å². The molecule has 0 aromatic rings. The van der Waals surface area contributed by atoms with Gasteiger partial charge in [0.25, 0.3) is 5.97 Å². The van der Waals surface area contributed by atoms with Crippen LogP contribution in [0, 0.1) is 0 Å². The molecule has 5 rings (SSSR count). The van der Waals surface area contributed by atoms with Gasteiger partial charge in [-0.3, -0.25) is 4.79 Å². The number of carbonyl (C=O) groups is 1. The van der Waals surface area contributed by atoms with Gasteiger partial charge < -0.3 is 14.2 Å². The molecule has 4 aliphatic heterocycles. The van der Waals surface area contributed by atoms with Crippen molar-refractivity contribution < 1.29 is 19.0 Å². The maximum absolute atomic E-state index is 11.8. The van der Waals surface area contributed by atoms with Crippen molar-refractivity contribution in [2.75, 3.05) is 0 Å². The van der Waals surface area contributed by atoms with E-state index in [1.807, 2.05) is 0 Å². The number of Topliss-reactive ketones (excluding diaryl/α,β-unsaturated/α-hetero) is 1. The molecular formula is C8H8N2O4. The smallest absolute Gasteiger partial charge is 0.281 e. The molecular weight excluding hydrogens is 188 g/mol. The Labute approximate surface area is 79.2 Å². The van der Waals surface area contributed by atoms with Crippen LogP contribution in [0.15, 0.2) is 10.2 Å². The summed E-state index contributed by atoms with van der Waals surface area (Å²) in [5.74, 6) is -1.10. The molecule has 0 spiro atoms. The number of carbonyl (C=O) groups excluding carboxylic acids is 1. The second-order valence-electron chi connectivity index (χ2n) is 4.14. The first kappa shape index (κ1) is 7.44. The monoisotopic (exact) mass is 196 g/mol. The normalized spacial score (nSPS) is 62.6. The molecule has 1 saturated carbocycles. The van der Waals surface area contributed by atoms with Crippen LogP contribution in [0.4, 0.5) is 0 Å². The first-order chi connectivity index (χ1) is 6.68. The molecule has 74 valence electrons. The van der Waals surface area contributed by atoms with Crippen LogP contribution in [0.1, 0.15) is 6.92 Å². The molecule has 4 heterocycles. The summed E-state index contributed by atoms with van der Waals surface area (Å²) >= 11 is 0. The Kier molecular flexibility index (Phi) is 1.01. The SMILES string of the molecule is CC12OC3[C@@H]4N=N[C@@H]3[C@@H](O1)C(=O)[C@H]4O2. The van der Waals surface area contributed by atoms with Crippen molar-refractivity contribution in [1.82, 2.24) is 0 Å². The van der Waals surface area contributed by atoms with Gasteiger partial charge in [0.15, 0.2) is 18.0 Å². The molecule has 4 fully saturated rings. The lowest BCUT2D eigenvalue weighted by atomic mass is 9.82. The van der Waals surface area contributed by atoms with Crippen molar-refractivity contribution in [2.24, 2.45) is 10.2 Å². The molecule has 6 nitrogen and oxygen atoms in total. The second kappa shape index (κ2) is 1.91.